The zero-order valence-corrected chi connectivity index (χ0v) is 25.3. The first-order valence-corrected chi connectivity index (χ1v) is 14.4. The number of halogens is 3. The molecular formula is C29H41F3N6O6. The predicted octanol–water partition coefficient (Wildman–Crippen LogP) is 0.555. The van der Waals surface area contributed by atoms with Gasteiger partial charge in [0.15, 0.2) is 0 Å². The van der Waals surface area contributed by atoms with Crippen LogP contribution in [0.2, 0.25) is 0 Å². The van der Waals surface area contributed by atoms with Crippen LogP contribution in [0.15, 0.2) is 30.3 Å². The number of carbonyl (C=O) groups excluding carboxylic acids is 6. The first-order chi connectivity index (χ1) is 20.6. The number of alkyl halides is 3. The van der Waals surface area contributed by atoms with Crippen molar-refractivity contribution < 1.29 is 41.9 Å². The zero-order valence-electron chi connectivity index (χ0n) is 25.3. The SMILES string of the molecule is CC(C)[C@H]1NC(=O)[C@@H](NC(=O)CCC(F)(F)F)CCCNC(=O)CN(C)C(=O)[C@H](Cc2ccccc2)NC(=O)[C@@H](C)NC1=O. The normalized spacial score (nSPS) is 23.5. The summed E-state index contributed by atoms with van der Waals surface area (Å²) in [5, 5.41) is 12.6. The second-order valence-corrected chi connectivity index (χ2v) is 11.1. The summed E-state index contributed by atoms with van der Waals surface area (Å²) < 4.78 is 37.8. The predicted molar refractivity (Wildman–Crippen MR) is 154 cm³/mol. The fraction of sp³-hybridized carbons (Fsp3) is 0.586. The van der Waals surface area contributed by atoms with Crippen molar-refractivity contribution in [2.45, 2.75) is 83.2 Å². The molecule has 1 aromatic carbocycles. The summed E-state index contributed by atoms with van der Waals surface area (Å²) in [6, 6.07) is 4.26. The molecule has 0 aromatic heterocycles. The molecule has 0 bridgehead atoms. The molecule has 2 rings (SSSR count). The van der Waals surface area contributed by atoms with Gasteiger partial charge in [-0.1, -0.05) is 44.2 Å². The van der Waals surface area contributed by atoms with E-state index >= 15 is 0 Å². The van der Waals surface area contributed by atoms with Crippen molar-refractivity contribution in [2.75, 3.05) is 20.1 Å². The highest BCUT2D eigenvalue weighted by Crippen LogP contribution is 2.21. The van der Waals surface area contributed by atoms with Crippen molar-refractivity contribution in [3.05, 3.63) is 35.9 Å². The van der Waals surface area contributed by atoms with E-state index in [1.165, 1.54) is 14.0 Å². The molecule has 0 radical (unpaired) electrons. The van der Waals surface area contributed by atoms with Gasteiger partial charge in [-0.3, -0.25) is 28.8 Å². The van der Waals surface area contributed by atoms with E-state index < -0.39 is 84.5 Å². The maximum atomic E-state index is 13.3. The second kappa shape index (κ2) is 16.6. The Morgan fingerprint density at radius 2 is 1.66 bits per heavy atom. The molecule has 1 saturated heterocycles. The van der Waals surface area contributed by atoms with Crippen LogP contribution in [0.3, 0.4) is 0 Å². The van der Waals surface area contributed by atoms with E-state index in [0.717, 1.165) is 10.5 Å². The molecule has 1 fully saturated rings. The van der Waals surface area contributed by atoms with Crippen molar-refractivity contribution in [1.29, 1.82) is 0 Å². The lowest BCUT2D eigenvalue weighted by Gasteiger charge is -2.28. The molecule has 0 unspecified atom stereocenters. The minimum Gasteiger partial charge on any atom is -0.355 e. The highest BCUT2D eigenvalue weighted by molar-refractivity contribution is 5.96. The van der Waals surface area contributed by atoms with Gasteiger partial charge < -0.3 is 31.5 Å². The number of nitrogens with zero attached hydrogens (tertiary/aromatic N) is 1. The Bertz CT molecular complexity index is 1180. The number of hydrogen-bond acceptors (Lipinski definition) is 6. The summed E-state index contributed by atoms with van der Waals surface area (Å²) in [5.74, 6) is -4.76. The second-order valence-electron chi connectivity index (χ2n) is 11.1. The maximum Gasteiger partial charge on any atom is 0.389 e. The van der Waals surface area contributed by atoms with Gasteiger partial charge >= 0.3 is 6.18 Å². The van der Waals surface area contributed by atoms with E-state index in [0.29, 0.717) is 0 Å². The van der Waals surface area contributed by atoms with E-state index in [1.807, 2.05) is 0 Å². The lowest BCUT2D eigenvalue weighted by molar-refractivity contribution is -0.145. The molecule has 0 spiro atoms. The molecule has 5 N–H and O–H groups in total. The lowest BCUT2D eigenvalue weighted by atomic mass is 10.0. The zero-order chi connectivity index (χ0) is 33.0. The monoisotopic (exact) mass is 626 g/mol. The number of hydrogen-bond donors (Lipinski definition) is 5. The fourth-order valence-electron chi connectivity index (χ4n) is 4.44. The van der Waals surface area contributed by atoms with Gasteiger partial charge in [0.1, 0.15) is 24.2 Å². The average molecular weight is 627 g/mol. The topological polar surface area (TPSA) is 166 Å². The smallest absolute Gasteiger partial charge is 0.355 e. The quantitative estimate of drug-likeness (QED) is 0.310. The van der Waals surface area contributed by atoms with Gasteiger partial charge in [0.25, 0.3) is 0 Å². The Kier molecular flexibility index (Phi) is 13.6. The number of carbonyl (C=O) groups is 6. The highest BCUT2D eigenvalue weighted by Gasteiger charge is 2.33. The van der Waals surface area contributed by atoms with Crippen molar-refractivity contribution in [3.8, 4) is 0 Å². The fourth-order valence-corrected chi connectivity index (χ4v) is 4.44. The van der Waals surface area contributed by atoms with E-state index in [-0.39, 0.29) is 32.4 Å². The summed E-state index contributed by atoms with van der Waals surface area (Å²) in [6.07, 6.45) is -6.64. The minimum atomic E-state index is -4.57. The van der Waals surface area contributed by atoms with Crippen LogP contribution in [-0.2, 0) is 35.2 Å². The lowest BCUT2D eigenvalue weighted by Crippen LogP contribution is -2.59. The van der Waals surface area contributed by atoms with Gasteiger partial charge in [-0.05, 0) is 31.2 Å². The molecule has 0 aliphatic carbocycles. The number of nitrogens with one attached hydrogen (secondary N) is 5. The largest absolute Gasteiger partial charge is 0.389 e. The molecule has 0 saturated carbocycles. The molecule has 1 aliphatic rings. The Hall–Kier alpha value is -4.17. The molecule has 6 amide bonds. The van der Waals surface area contributed by atoms with Crippen LogP contribution in [0.4, 0.5) is 13.2 Å². The first-order valence-electron chi connectivity index (χ1n) is 14.4. The number of likely N-dealkylation sites (N-methyl/N-ethyl adjacent to an activating group) is 1. The van der Waals surface area contributed by atoms with Gasteiger partial charge in [0.2, 0.25) is 35.4 Å². The maximum absolute atomic E-state index is 13.3. The Morgan fingerprint density at radius 1 is 1.00 bits per heavy atom. The summed E-state index contributed by atoms with van der Waals surface area (Å²) in [4.78, 5) is 78.8. The Labute approximate surface area is 254 Å². The molecule has 4 atom stereocenters. The van der Waals surface area contributed by atoms with E-state index in [1.54, 1.807) is 44.2 Å². The van der Waals surface area contributed by atoms with Crippen LogP contribution in [0, 0.1) is 5.92 Å². The molecule has 12 nitrogen and oxygen atoms in total. The first kappa shape index (κ1) is 36.0. The van der Waals surface area contributed by atoms with E-state index in [9.17, 15) is 41.9 Å². The van der Waals surface area contributed by atoms with Gasteiger partial charge in [-0.25, -0.2) is 0 Å². The highest BCUT2D eigenvalue weighted by atomic mass is 19.4. The van der Waals surface area contributed by atoms with Crippen LogP contribution in [0.1, 0.15) is 52.0 Å². The summed E-state index contributed by atoms with van der Waals surface area (Å²) >= 11 is 0. The third-order valence-corrected chi connectivity index (χ3v) is 6.93. The average Bonchev–Trinajstić information content (AvgIpc) is 2.94. The molecule has 1 aliphatic heterocycles. The summed E-state index contributed by atoms with van der Waals surface area (Å²) in [5.41, 5.74) is 0.755. The third kappa shape index (κ3) is 12.2. The van der Waals surface area contributed by atoms with Crippen molar-refractivity contribution in [3.63, 3.8) is 0 Å². The van der Waals surface area contributed by atoms with Gasteiger partial charge in [0, 0.05) is 26.4 Å². The summed E-state index contributed by atoms with van der Waals surface area (Å²) in [7, 11) is 1.40. The van der Waals surface area contributed by atoms with Crippen molar-refractivity contribution >= 4 is 35.4 Å². The molecule has 244 valence electrons. The van der Waals surface area contributed by atoms with Gasteiger partial charge in [-0.2, -0.15) is 13.2 Å². The molecule has 44 heavy (non-hydrogen) atoms. The molecule has 1 heterocycles. The number of benzene rings is 1. The Balaban J connectivity index is 2.30. The third-order valence-electron chi connectivity index (χ3n) is 6.93. The number of rotatable bonds is 6. The Morgan fingerprint density at radius 3 is 2.27 bits per heavy atom. The van der Waals surface area contributed by atoms with E-state index in [2.05, 4.69) is 26.6 Å². The van der Waals surface area contributed by atoms with Gasteiger partial charge in [0.05, 0.1) is 13.0 Å². The minimum absolute atomic E-state index is 0.0266. The van der Waals surface area contributed by atoms with Crippen LogP contribution in [-0.4, -0.2) is 90.8 Å². The van der Waals surface area contributed by atoms with Crippen molar-refractivity contribution in [1.82, 2.24) is 31.5 Å². The van der Waals surface area contributed by atoms with Crippen molar-refractivity contribution in [2.24, 2.45) is 5.92 Å². The molecule has 1 aromatic rings. The van der Waals surface area contributed by atoms with Crippen LogP contribution in [0.25, 0.3) is 0 Å². The number of amides is 6. The van der Waals surface area contributed by atoms with Gasteiger partial charge in [-0.15, -0.1) is 0 Å². The van der Waals surface area contributed by atoms with Crippen LogP contribution >= 0.6 is 0 Å². The standard InChI is InChI=1S/C29H41F3N6O6/c1-17(2)24-27(43)34-18(3)25(41)36-21(15-19-9-6-5-7-10-19)28(44)38(4)16-23(40)33-14-8-11-20(26(42)37-24)35-22(39)12-13-29(30,31)32/h5-7,9-10,17-18,20-21,24H,8,11-16H2,1-4H3,(H,33,40)(H,34,43)(H,35,39)(H,36,41)(H,37,42)/t18-,20+,21+,24-/m1/s1. The van der Waals surface area contributed by atoms with Crippen LogP contribution < -0.4 is 26.6 Å². The van der Waals surface area contributed by atoms with Crippen LogP contribution in [0.5, 0.6) is 0 Å². The molecule has 15 heteroatoms. The summed E-state index contributed by atoms with van der Waals surface area (Å²) in [6.45, 7) is 4.35. The van der Waals surface area contributed by atoms with E-state index in [4.69, 9.17) is 0 Å². The molecular weight excluding hydrogens is 585 g/mol.